The first kappa shape index (κ1) is 18.6. The van der Waals surface area contributed by atoms with Crippen molar-refractivity contribution in [1.82, 2.24) is 9.88 Å². The number of rotatable bonds is 6. The van der Waals surface area contributed by atoms with Crippen LogP contribution in [0, 0.1) is 11.3 Å². The molecule has 144 valence electrons. The number of oxazole rings is 1. The van der Waals surface area contributed by atoms with Crippen molar-refractivity contribution in [3.63, 3.8) is 0 Å². The molecule has 0 unspecified atom stereocenters. The van der Waals surface area contributed by atoms with Crippen LogP contribution < -0.4 is 5.32 Å². The van der Waals surface area contributed by atoms with E-state index in [1.54, 1.807) is 18.4 Å². The molecule has 3 aromatic rings. The van der Waals surface area contributed by atoms with Crippen LogP contribution in [0.1, 0.15) is 36.8 Å². The van der Waals surface area contributed by atoms with Gasteiger partial charge < -0.3 is 14.2 Å². The maximum absolute atomic E-state index is 9.46. The molecule has 0 spiro atoms. The van der Waals surface area contributed by atoms with Crippen molar-refractivity contribution in [2.45, 2.75) is 25.3 Å². The Balaban J connectivity index is 1.54. The van der Waals surface area contributed by atoms with Crippen LogP contribution >= 0.6 is 11.6 Å². The van der Waals surface area contributed by atoms with E-state index in [1.165, 1.54) is 19.3 Å². The Morgan fingerprint density at radius 1 is 1.18 bits per heavy atom. The lowest BCUT2D eigenvalue weighted by atomic mass is 10.1. The summed E-state index contributed by atoms with van der Waals surface area (Å²) >= 11 is 5.94. The number of furan rings is 1. The Hall–Kier alpha value is -2.75. The largest absolute Gasteiger partial charge is 0.468 e. The summed E-state index contributed by atoms with van der Waals surface area (Å²) in [6.07, 6.45) is 5.33. The van der Waals surface area contributed by atoms with Crippen molar-refractivity contribution in [1.29, 1.82) is 5.26 Å². The fourth-order valence-corrected chi connectivity index (χ4v) is 3.67. The van der Waals surface area contributed by atoms with Gasteiger partial charge >= 0.3 is 0 Å². The monoisotopic (exact) mass is 396 g/mol. The van der Waals surface area contributed by atoms with Gasteiger partial charge in [-0.25, -0.2) is 0 Å². The maximum atomic E-state index is 9.46. The summed E-state index contributed by atoms with van der Waals surface area (Å²) in [7, 11) is 0. The van der Waals surface area contributed by atoms with Crippen LogP contribution in [-0.4, -0.2) is 29.5 Å². The van der Waals surface area contributed by atoms with Gasteiger partial charge in [-0.3, -0.25) is 4.90 Å². The molecule has 6 nitrogen and oxygen atoms in total. The normalized spacial score (nSPS) is 15.9. The Morgan fingerprint density at radius 3 is 2.64 bits per heavy atom. The lowest BCUT2D eigenvalue weighted by Gasteiger charge is -2.33. The zero-order valence-electron chi connectivity index (χ0n) is 15.4. The molecule has 0 bridgehead atoms. The first-order valence-electron chi connectivity index (χ1n) is 9.43. The van der Waals surface area contributed by atoms with Gasteiger partial charge in [0.05, 0.1) is 12.3 Å². The van der Waals surface area contributed by atoms with Gasteiger partial charge in [-0.1, -0.05) is 18.0 Å². The smallest absolute Gasteiger partial charge is 0.232 e. The topological polar surface area (TPSA) is 78.2 Å². The fraction of sp³-hybridized carbons (Fsp3) is 0.333. The lowest BCUT2D eigenvalue weighted by molar-refractivity contribution is 0.152. The molecule has 0 saturated carbocycles. The van der Waals surface area contributed by atoms with E-state index < -0.39 is 0 Å². The Kier molecular flexibility index (Phi) is 5.65. The summed E-state index contributed by atoms with van der Waals surface area (Å²) in [6.45, 7) is 2.63. The van der Waals surface area contributed by atoms with Crippen molar-refractivity contribution in [2.24, 2.45) is 0 Å². The molecule has 3 heterocycles. The number of nitrogens with zero attached hydrogens (tertiary/aromatic N) is 3. The van der Waals surface area contributed by atoms with Gasteiger partial charge in [0.2, 0.25) is 17.5 Å². The number of likely N-dealkylation sites (tertiary alicyclic amines) is 1. The highest BCUT2D eigenvalue weighted by molar-refractivity contribution is 6.30. The van der Waals surface area contributed by atoms with Gasteiger partial charge in [0, 0.05) is 17.1 Å². The molecular weight excluding hydrogens is 376 g/mol. The van der Waals surface area contributed by atoms with Gasteiger partial charge in [0.25, 0.3) is 0 Å². The zero-order valence-corrected chi connectivity index (χ0v) is 16.2. The second kappa shape index (κ2) is 8.51. The standard InChI is InChI=1S/C21H21ClN4O2/c22-16-8-6-15(7-9-16)20-25-17(13-23)21(28-20)24-14-18(19-5-4-12-27-19)26-10-2-1-3-11-26/h4-9,12,18,24H,1-3,10-11,14H2/t18-/m0/s1. The minimum atomic E-state index is 0.0749. The first-order valence-corrected chi connectivity index (χ1v) is 9.80. The van der Waals surface area contributed by atoms with Crippen LogP contribution in [0.3, 0.4) is 0 Å². The molecule has 0 radical (unpaired) electrons. The van der Waals surface area contributed by atoms with Gasteiger partial charge in [-0.2, -0.15) is 10.2 Å². The Bertz CT molecular complexity index is 938. The predicted octanol–water partition coefficient (Wildman–Crippen LogP) is 5.10. The third-order valence-electron chi connectivity index (χ3n) is 4.98. The fourth-order valence-electron chi connectivity index (χ4n) is 3.54. The molecule has 1 aromatic carbocycles. The number of hydrogen-bond donors (Lipinski definition) is 1. The SMILES string of the molecule is N#Cc1nc(-c2ccc(Cl)cc2)oc1NC[C@@H](c1ccco1)N1CCCCC1. The van der Waals surface area contributed by atoms with Crippen LogP contribution in [0.2, 0.25) is 5.02 Å². The molecule has 2 aromatic heterocycles. The van der Waals surface area contributed by atoms with E-state index in [-0.39, 0.29) is 11.7 Å². The van der Waals surface area contributed by atoms with Crippen molar-refractivity contribution < 1.29 is 8.83 Å². The molecule has 1 N–H and O–H groups in total. The van der Waals surface area contributed by atoms with E-state index in [0.717, 1.165) is 24.4 Å². The predicted molar refractivity (Wildman–Crippen MR) is 107 cm³/mol. The summed E-state index contributed by atoms with van der Waals surface area (Å²) in [5.74, 6) is 1.68. The Labute approximate surface area is 168 Å². The highest BCUT2D eigenvalue weighted by Crippen LogP contribution is 2.29. The van der Waals surface area contributed by atoms with Crippen molar-refractivity contribution in [2.75, 3.05) is 25.0 Å². The maximum Gasteiger partial charge on any atom is 0.232 e. The van der Waals surface area contributed by atoms with E-state index >= 15 is 0 Å². The summed E-state index contributed by atoms with van der Waals surface area (Å²) in [5, 5.41) is 13.4. The number of benzene rings is 1. The second-order valence-corrected chi connectivity index (χ2v) is 7.26. The first-order chi connectivity index (χ1) is 13.7. The molecule has 1 atom stereocenters. The quantitative estimate of drug-likeness (QED) is 0.624. The number of halogens is 1. The van der Waals surface area contributed by atoms with Gasteiger partial charge in [0.1, 0.15) is 11.8 Å². The summed E-state index contributed by atoms with van der Waals surface area (Å²) < 4.78 is 11.5. The van der Waals surface area contributed by atoms with Crippen LogP contribution in [0.4, 0.5) is 5.88 Å². The van der Waals surface area contributed by atoms with Crippen LogP contribution in [-0.2, 0) is 0 Å². The minimum Gasteiger partial charge on any atom is -0.468 e. The molecule has 0 aliphatic carbocycles. The zero-order chi connectivity index (χ0) is 19.3. The average molecular weight is 397 g/mol. The number of aromatic nitrogens is 1. The molecule has 1 aliphatic heterocycles. The highest BCUT2D eigenvalue weighted by Gasteiger charge is 2.25. The summed E-state index contributed by atoms with van der Waals surface area (Å²) in [5.41, 5.74) is 1.01. The van der Waals surface area contributed by atoms with Crippen LogP contribution in [0.25, 0.3) is 11.5 Å². The molecule has 1 aliphatic rings. The van der Waals surface area contributed by atoms with E-state index in [0.29, 0.717) is 23.3 Å². The number of anilines is 1. The molecule has 4 rings (SSSR count). The molecule has 1 fully saturated rings. The van der Waals surface area contributed by atoms with Gasteiger partial charge in [-0.15, -0.1) is 0 Å². The molecular formula is C21H21ClN4O2. The van der Waals surface area contributed by atoms with E-state index in [1.807, 2.05) is 24.3 Å². The highest BCUT2D eigenvalue weighted by atomic mass is 35.5. The van der Waals surface area contributed by atoms with E-state index in [4.69, 9.17) is 20.4 Å². The third-order valence-corrected chi connectivity index (χ3v) is 5.24. The van der Waals surface area contributed by atoms with E-state index in [9.17, 15) is 5.26 Å². The average Bonchev–Trinajstić information content (AvgIpc) is 3.40. The molecule has 7 heteroatoms. The molecule has 1 saturated heterocycles. The second-order valence-electron chi connectivity index (χ2n) is 6.82. The van der Waals surface area contributed by atoms with Crippen molar-refractivity contribution in [3.8, 4) is 17.5 Å². The van der Waals surface area contributed by atoms with Crippen molar-refractivity contribution >= 4 is 17.5 Å². The van der Waals surface area contributed by atoms with E-state index in [2.05, 4.69) is 21.3 Å². The van der Waals surface area contributed by atoms with Crippen LogP contribution in [0.5, 0.6) is 0 Å². The van der Waals surface area contributed by atoms with Crippen LogP contribution in [0.15, 0.2) is 51.5 Å². The van der Waals surface area contributed by atoms with Gasteiger partial charge in [0.15, 0.2) is 0 Å². The number of piperidine rings is 1. The number of nitriles is 1. The molecule has 0 amide bonds. The lowest BCUT2D eigenvalue weighted by Crippen LogP contribution is -2.37. The molecule has 28 heavy (non-hydrogen) atoms. The van der Waals surface area contributed by atoms with Crippen molar-refractivity contribution in [3.05, 3.63) is 59.1 Å². The Morgan fingerprint density at radius 2 is 1.96 bits per heavy atom. The summed E-state index contributed by atoms with van der Waals surface area (Å²) in [6, 6.07) is 13.2. The number of nitrogens with one attached hydrogen (secondary N) is 1. The third kappa shape index (κ3) is 4.06. The minimum absolute atomic E-state index is 0.0749. The summed E-state index contributed by atoms with van der Waals surface area (Å²) in [4.78, 5) is 6.73. The number of hydrogen-bond acceptors (Lipinski definition) is 6. The van der Waals surface area contributed by atoms with Gasteiger partial charge in [-0.05, 0) is 62.3 Å².